The lowest BCUT2D eigenvalue weighted by Gasteiger charge is -2.30. The van der Waals surface area contributed by atoms with Gasteiger partial charge in [-0.2, -0.15) is 0 Å². The molecule has 5 rings (SSSR count). The van der Waals surface area contributed by atoms with Crippen LogP contribution in [0.25, 0.3) is 17.0 Å². The summed E-state index contributed by atoms with van der Waals surface area (Å²) >= 11 is 5.67. The van der Waals surface area contributed by atoms with E-state index in [9.17, 15) is 14.9 Å². The zero-order valence-electron chi connectivity index (χ0n) is 19.0. The molecule has 0 atom stereocenters. The predicted molar refractivity (Wildman–Crippen MR) is 136 cm³/mol. The van der Waals surface area contributed by atoms with Crippen molar-refractivity contribution < 1.29 is 9.72 Å². The van der Waals surface area contributed by atoms with Crippen LogP contribution in [-0.2, 0) is 11.3 Å². The normalized spacial score (nSPS) is 18.4. The van der Waals surface area contributed by atoms with Gasteiger partial charge in [0.1, 0.15) is 5.70 Å². The summed E-state index contributed by atoms with van der Waals surface area (Å²) in [6.45, 7) is 0.568. The quantitative estimate of drug-likeness (QED) is 0.216. The Morgan fingerprint density at radius 3 is 2.50 bits per heavy atom. The number of para-hydroxylation sites is 1. The fourth-order valence-electron chi connectivity index (χ4n) is 5.03. The van der Waals surface area contributed by atoms with E-state index in [-0.39, 0.29) is 17.6 Å². The molecule has 3 aromatic rings. The van der Waals surface area contributed by atoms with E-state index in [1.165, 1.54) is 18.6 Å². The topological polar surface area (TPSA) is 71.6 Å². The first kappa shape index (κ1) is 22.3. The van der Waals surface area contributed by atoms with Crippen LogP contribution < -0.4 is 0 Å². The largest absolute Gasteiger partial charge is 0.342 e. The van der Waals surface area contributed by atoms with Crippen molar-refractivity contribution >= 4 is 45.9 Å². The SMILES string of the molecule is CN1C(=S)N(C2CCCCC2)C(=O)C1=Cc1cn(Cc2ccc([N+](=O)[O-])cc2)c2ccccc12. The number of hydrogen-bond donors (Lipinski definition) is 0. The highest BCUT2D eigenvalue weighted by molar-refractivity contribution is 7.80. The number of amides is 1. The molecule has 1 aromatic heterocycles. The Kier molecular flexibility index (Phi) is 5.91. The average molecular weight is 475 g/mol. The molecule has 1 saturated heterocycles. The molecule has 0 bridgehead atoms. The molecule has 0 radical (unpaired) electrons. The van der Waals surface area contributed by atoms with Gasteiger partial charge in [-0.05, 0) is 42.8 Å². The van der Waals surface area contributed by atoms with Crippen molar-refractivity contribution in [2.75, 3.05) is 7.05 Å². The highest BCUT2D eigenvalue weighted by Crippen LogP contribution is 2.32. The molecule has 1 saturated carbocycles. The molecule has 34 heavy (non-hydrogen) atoms. The van der Waals surface area contributed by atoms with E-state index in [4.69, 9.17) is 12.2 Å². The molecule has 2 aromatic carbocycles. The number of benzene rings is 2. The van der Waals surface area contributed by atoms with Crippen molar-refractivity contribution in [3.05, 3.63) is 81.7 Å². The van der Waals surface area contributed by atoms with Crippen molar-refractivity contribution in [1.82, 2.24) is 14.4 Å². The summed E-state index contributed by atoms with van der Waals surface area (Å²) < 4.78 is 2.11. The Hall–Kier alpha value is -3.52. The smallest absolute Gasteiger partial charge is 0.277 e. The first-order valence-corrected chi connectivity index (χ1v) is 12.0. The van der Waals surface area contributed by atoms with Crippen molar-refractivity contribution in [3.8, 4) is 0 Å². The molecular weight excluding hydrogens is 448 g/mol. The van der Waals surface area contributed by atoms with Crippen molar-refractivity contribution in [1.29, 1.82) is 0 Å². The van der Waals surface area contributed by atoms with E-state index >= 15 is 0 Å². The zero-order valence-corrected chi connectivity index (χ0v) is 19.8. The third-order valence-corrected chi connectivity index (χ3v) is 7.31. The van der Waals surface area contributed by atoms with Gasteiger partial charge in [-0.15, -0.1) is 0 Å². The number of non-ortho nitro benzene ring substituents is 1. The van der Waals surface area contributed by atoms with Gasteiger partial charge in [-0.3, -0.25) is 19.8 Å². The van der Waals surface area contributed by atoms with Crippen LogP contribution in [0.5, 0.6) is 0 Å². The number of hydrogen-bond acceptors (Lipinski definition) is 4. The molecule has 2 fully saturated rings. The monoisotopic (exact) mass is 474 g/mol. The second kappa shape index (κ2) is 9.02. The van der Waals surface area contributed by atoms with Crippen LogP contribution in [-0.4, -0.2) is 43.4 Å². The van der Waals surface area contributed by atoms with E-state index in [0.29, 0.717) is 17.4 Å². The molecule has 0 N–H and O–H groups in total. The Morgan fingerprint density at radius 1 is 1.09 bits per heavy atom. The number of carbonyl (C=O) groups is 1. The Bertz CT molecular complexity index is 1310. The van der Waals surface area contributed by atoms with E-state index in [1.54, 1.807) is 12.1 Å². The third-order valence-electron chi connectivity index (χ3n) is 6.84. The summed E-state index contributed by atoms with van der Waals surface area (Å²) in [6.07, 6.45) is 9.46. The highest BCUT2D eigenvalue weighted by atomic mass is 32.1. The fraction of sp³-hybridized carbons (Fsp3) is 0.308. The number of nitro groups is 1. The van der Waals surface area contributed by atoms with Gasteiger partial charge in [0.2, 0.25) is 0 Å². The number of nitro benzene ring substituents is 1. The molecule has 1 aliphatic carbocycles. The first-order valence-electron chi connectivity index (χ1n) is 11.6. The van der Waals surface area contributed by atoms with Gasteiger partial charge >= 0.3 is 0 Å². The van der Waals surface area contributed by atoms with Crippen LogP contribution in [0.15, 0.2) is 60.4 Å². The molecule has 2 heterocycles. The molecule has 2 aliphatic rings. The third kappa shape index (κ3) is 3.98. The fourth-order valence-corrected chi connectivity index (χ4v) is 5.36. The summed E-state index contributed by atoms with van der Waals surface area (Å²) in [6, 6.07) is 14.9. The lowest BCUT2D eigenvalue weighted by atomic mass is 9.94. The van der Waals surface area contributed by atoms with E-state index in [1.807, 2.05) is 53.4 Å². The minimum absolute atomic E-state index is 0.0217. The highest BCUT2D eigenvalue weighted by Gasteiger charge is 2.40. The van der Waals surface area contributed by atoms with Crippen LogP contribution >= 0.6 is 12.2 Å². The molecule has 174 valence electrons. The lowest BCUT2D eigenvalue weighted by Crippen LogP contribution is -2.41. The number of rotatable bonds is 5. The molecule has 0 spiro atoms. The Balaban J connectivity index is 1.49. The second-order valence-electron chi connectivity index (χ2n) is 8.99. The predicted octanol–water partition coefficient (Wildman–Crippen LogP) is 5.33. The molecule has 1 aliphatic heterocycles. The number of fused-ring (bicyclic) bond motifs is 1. The number of carbonyl (C=O) groups excluding carboxylic acids is 1. The van der Waals surface area contributed by atoms with Crippen LogP contribution in [0.2, 0.25) is 0 Å². The minimum atomic E-state index is -0.394. The molecule has 0 unspecified atom stereocenters. The van der Waals surface area contributed by atoms with Gasteiger partial charge in [0.15, 0.2) is 5.11 Å². The summed E-state index contributed by atoms with van der Waals surface area (Å²) in [5.41, 5.74) is 3.61. The molecular formula is C26H26N4O3S. The Morgan fingerprint density at radius 2 is 1.79 bits per heavy atom. The van der Waals surface area contributed by atoms with Gasteiger partial charge in [-0.25, -0.2) is 0 Å². The minimum Gasteiger partial charge on any atom is -0.342 e. The van der Waals surface area contributed by atoms with Gasteiger partial charge < -0.3 is 9.47 Å². The molecule has 1 amide bonds. The van der Waals surface area contributed by atoms with Gasteiger partial charge in [0, 0.05) is 54.4 Å². The summed E-state index contributed by atoms with van der Waals surface area (Å²) in [4.78, 5) is 27.6. The van der Waals surface area contributed by atoms with E-state index < -0.39 is 4.92 Å². The van der Waals surface area contributed by atoms with Crippen LogP contribution in [0.4, 0.5) is 5.69 Å². The van der Waals surface area contributed by atoms with Crippen LogP contribution in [0.3, 0.4) is 0 Å². The number of likely N-dealkylation sites (N-methyl/N-ethyl adjacent to an activating group) is 1. The number of thiocarbonyl (C=S) groups is 1. The summed E-state index contributed by atoms with van der Waals surface area (Å²) in [7, 11) is 1.87. The maximum absolute atomic E-state index is 13.4. The van der Waals surface area contributed by atoms with E-state index in [2.05, 4.69) is 4.57 Å². The summed E-state index contributed by atoms with van der Waals surface area (Å²) in [5, 5.41) is 12.6. The zero-order chi connectivity index (χ0) is 23.8. The lowest BCUT2D eigenvalue weighted by molar-refractivity contribution is -0.384. The maximum atomic E-state index is 13.4. The van der Waals surface area contributed by atoms with Crippen LogP contribution in [0.1, 0.15) is 43.2 Å². The van der Waals surface area contributed by atoms with Crippen molar-refractivity contribution in [2.45, 2.75) is 44.7 Å². The average Bonchev–Trinajstić information content (AvgIpc) is 3.30. The van der Waals surface area contributed by atoms with E-state index in [0.717, 1.165) is 47.7 Å². The summed E-state index contributed by atoms with van der Waals surface area (Å²) in [5.74, 6) is -0.0217. The first-order chi connectivity index (χ1) is 16.4. The number of nitrogens with zero attached hydrogens (tertiary/aromatic N) is 4. The van der Waals surface area contributed by atoms with Gasteiger partial charge in [0.05, 0.1) is 4.92 Å². The standard InChI is InChI=1S/C26H26N4O3S/c1-27-24(25(31)29(26(27)34)20-7-3-2-4-8-20)15-19-17-28(23-10-6-5-9-22(19)23)16-18-11-13-21(14-12-18)30(32)33/h5-6,9-15,17,20H,2-4,7-8,16H2,1H3. The van der Waals surface area contributed by atoms with Crippen molar-refractivity contribution in [3.63, 3.8) is 0 Å². The molecule has 8 heteroatoms. The second-order valence-corrected chi connectivity index (χ2v) is 9.36. The van der Waals surface area contributed by atoms with Crippen molar-refractivity contribution in [2.24, 2.45) is 0 Å². The Labute approximate surface area is 203 Å². The maximum Gasteiger partial charge on any atom is 0.277 e. The number of aromatic nitrogens is 1. The van der Waals surface area contributed by atoms with Gasteiger partial charge in [0.25, 0.3) is 11.6 Å². The molecule has 7 nitrogen and oxygen atoms in total. The van der Waals surface area contributed by atoms with Crippen LogP contribution in [0, 0.1) is 10.1 Å². The van der Waals surface area contributed by atoms with Gasteiger partial charge in [-0.1, -0.05) is 49.6 Å².